The lowest BCUT2D eigenvalue weighted by Crippen LogP contribution is -2.39. The molecule has 120 valence electrons. The van der Waals surface area contributed by atoms with Gasteiger partial charge in [-0.3, -0.25) is 4.79 Å². The van der Waals surface area contributed by atoms with Gasteiger partial charge in [-0.15, -0.1) is 0 Å². The molecular weight excluding hydrogens is 314 g/mol. The molecule has 6 heteroatoms. The maximum absolute atomic E-state index is 11.2. The standard InChI is InChI=1S/C17H18ClN3O2/c1-11-7-13(9-14(18)8-11)16-19-5-4-15(20-16)21-6-2-3-12(10-21)17(22)23/h4-5,7-9,12H,2-3,6,10H2,1H3,(H,22,23). The van der Waals surface area contributed by atoms with E-state index in [1.807, 2.05) is 36.1 Å². The van der Waals surface area contributed by atoms with E-state index in [1.165, 1.54) is 0 Å². The molecule has 1 aliphatic heterocycles. The van der Waals surface area contributed by atoms with Crippen LogP contribution in [0, 0.1) is 12.8 Å². The maximum atomic E-state index is 11.2. The molecule has 2 heterocycles. The number of piperidine rings is 1. The zero-order chi connectivity index (χ0) is 16.4. The first-order valence-electron chi connectivity index (χ1n) is 7.61. The molecule has 23 heavy (non-hydrogen) atoms. The summed E-state index contributed by atoms with van der Waals surface area (Å²) < 4.78 is 0. The van der Waals surface area contributed by atoms with Crippen LogP contribution < -0.4 is 4.90 Å². The lowest BCUT2D eigenvalue weighted by atomic mass is 9.98. The molecular formula is C17H18ClN3O2. The first-order chi connectivity index (χ1) is 11.0. The Balaban J connectivity index is 1.89. The van der Waals surface area contributed by atoms with Gasteiger partial charge in [0.15, 0.2) is 5.82 Å². The maximum Gasteiger partial charge on any atom is 0.308 e. The van der Waals surface area contributed by atoms with E-state index in [2.05, 4.69) is 9.97 Å². The van der Waals surface area contributed by atoms with Gasteiger partial charge in [0.1, 0.15) is 5.82 Å². The molecule has 1 atom stereocenters. The van der Waals surface area contributed by atoms with E-state index in [0.717, 1.165) is 36.3 Å². The van der Waals surface area contributed by atoms with Crippen LogP contribution in [0.4, 0.5) is 5.82 Å². The van der Waals surface area contributed by atoms with Crippen LogP contribution in [-0.4, -0.2) is 34.1 Å². The number of rotatable bonds is 3. The number of hydrogen-bond donors (Lipinski definition) is 1. The number of carboxylic acids is 1. The van der Waals surface area contributed by atoms with Gasteiger partial charge in [-0.2, -0.15) is 0 Å². The summed E-state index contributed by atoms with van der Waals surface area (Å²) in [7, 11) is 0. The van der Waals surface area contributed by atoms with E-state index in [-0.39, 0.29) is 5.92 Å². The molecule has 0 bridgehead atoms. The zero-order valence-corrected chi connectivity index (χ0v) is 13.6. The predicted molar refractivity (Wildman–Crippen MR) is 89.8 cm³/mol. The van der Waals surface area contributed by atoms with Crippen molar-refractivity contribution in [3.8, 4) is 11.4 Å². The molecule has 1 aromatic carbocycles. The van der Waals surface area contributed by atoms with E-state index in [0.29, 0.717) is 17.4 Å². The fraction of sp³-hybridized carbons (Fsp3) is 0.353. The number of aliphatic carboxylic acids is 1. The number of anilines is 1. The Kier molecular flexibility index (Phi) is 4.48. The minimum atomic E-state index is -0.741. The Morgan fingerprint density at radius 2 is 2.22 bits per heavy atom. The Morgan fingerprint density at radius 3 is 2.96 bits per heavy atom. The summed E-state index contributed by atoms with van der Waals surface area (Å²) in [6.45, 7) is 3.27. The van der Waals surface area contributed by atoms with Crippen LogP contribution in [0.3, 0.4) is 0 Å². The highest BCUT2D eigenvalue weighted by Gasteiger charge is 2.26. The van der Waals surface area contributed by atoms with Crippen LogP contribution in [0.25, 0.3) is 11.4 Å². The number of aromatic nitrogens is 2. The van der Waals surface area contributed by atoms with Crippen molar-refractivity contribution in [2.45, 2.75) is 19.8 Å². The lowest BCUT2D eigenvalue weighted by Gasteiger charge is -2.31. The second-order valence-electron chi connectivity index (χ2n) is 5.88. The fourth-order valence-corrected chi connectivity index (χ4v) is 3.21. The van der Waals surface area contributed by atoms with E-state index >= 15 is 0 Å². The normalized spacial score (nSPS) is 18.0. The van der Waals surface area contributed by atoms with Gasteiger partial charge in [0.2, 0.25) is 0 Å². The monoisotopic (exact) mass is 331 g/mol. The first-order valence-corrected chi connectivity index (χ1v) is 7.99. The second-order valence-corrected chi connectivity index (χ2v) is 6.32. The molecule has 3 rings (SSSR count). The van der Waals surface area contributed by atoms with Crippen LogP contribution >= 0.6 is 11.6 Å². The van der Waals surface area contributed by atoms with Crippen LogP contribution in [0.2, 0.25) is 5.02 Å². The Hall–Kier alpha value is -2.14. The molecule has 0 amide bonds. The van der Waals surface area contributed by atoms with Gasteiger partial charge in [0.05, 0.1) is 5.92 Å². The van der Waals surface area contributed by atoms with Gasteiger partial charge in [-0.05, 0) is 49.6 Å². The number of aryl methyl sites for hydroxylation is 1. The first kappa shape index (κ1) is 15.7. The minimum absolute atomic E-state index is 0.337. The summed E-state index contributed by atoms with van der Waals surface area (Å²) in [4.78, 5) is 22.2. The number of nitrogens with zero attached hydrogens (tertiary/aromatic N) is 3. The number of halogens is 1. The largest absolute Gasteiger partial charge is 0.481 e. The quantitative estimate of drug-likeness (QED) is 0.933. The van der Waals surface area contributed by atoms with Crippen molar-refractivity contribution in [1.82, 2.24) is 9.97 Å². The molecule has 1 fully saturated rings. The van der Waals surface area contributed by atoms with Gasteiger partial charge in [-0.25, -0.2) is 9.97 Å². The number of benzene rings is 1. The highest BCUT2D eigenvalue weighted by molar-refractivity contribution is 6.30. The topological polar surface area (TPSA) is 66.3 Å². The van der Waals surface area contributed by atoms with Crippen molar-refractivity contribution >= 4 is 23.4 Å². The minimum Gasteiger partial charge on any atom is -0.481 e. The highest BCUT2D eigenvalue weighted by Crippen LogP contribution is 2.26. The summed E-state index contributed by atoms with van der Waals surface area (Å²) in [5.41, 5.74) is 1.91. The van der Waals surface area contributed by atoms with Gasteiger partial charge in [0, 0.05) is 29.9 Å². The molecule has 0 radical (unpaired) electrons. The van der Waals surface area contributed by atoms with Crippen molar-refractivity contribution < 1.29 is 9.90 Å². The van der Waals surface area contributed by atoms with E-state index in [1.54, 1.807) is 6.20 Å². The smallest absolute Gasteiger partial charge is 0.308 e. The molecule has 1 aliphatic rings. The number of carbonyl (C=O) groups is 1. The Morgan fingerprint density at radius 1 is 1.39 bits per heavy atom. The van der Waals surface area contributed by atoms with Gasteiger partial charge in [-0.1, -0.05) is 11.6 Å². The van der Waals surface area contributed by atoms with E-state index in [9.17, 15) is 9.90 Å². The third kappa shape index (κ3) is 3.62. The van der Waals surface area contributed by atoms with Crippen molar-refractivity contribution in [2.75, 3.05) is 18.0 Å². The van der Waals surface area contributed by atoms with Crippen molar-refractivity contribution in [3.05, 3.63) is 41.0 Å². The molecule has 5 nitrogen and oxygen atoms in total. The van der Waals surface area contributed by atoms with Crippen LogP contribution in [0.1, 0.15) is 18.4 Å². The number of carboxylic acid groups (broad SMARTS) is 1. The molecule has 0 saturated carbocycles. The molecule has 0 aliphatic carbocycles. The summed E-state index contributed by atoms with van der Waals surface area (Å²) >= 11 is 6.11. The number of hydrogen-bond acceptors (Lipinski definition) is 4. The Labute approximate surface area is 139 Å². The van der Waals surface area contributed by atoms with Crippen LogP contribution in [-0.2, 0) is 4.79 Å². The predicted octanol–water partition coefficient (Wildman–Crippen LogP) is 3.41. The zero-order valence-electron chi connectivity index (χ0n) is 12.9. The third-order valence-corrected chi connectivity index (χ3v) is 4.25. The van der Waals surface area contributed by atoms with Crippen LogP contribution in [0.5, 0.6) is 0 Å². The summed E-state index contributed by atoms with van der Waals surface area (Å²) in [5.74, 6) is 0.286. The lowest BCUT2D eigenvalue weighted by molar-refractivity contribution is -0.141. The molecule has 2 aromatic rings. The summed E-state index contributed by atoms with van der Waals surface area (Å²) in [6.07, 6.45) is 3.28. The third-order valence-electron chi connectivity index (χ3n) is 4.04. The molecule has 1 aromatic heterocycles. The summed E-state index contributed by atoms with van der Waals surface area (Å²) in [5, 5.41) is 9.87. The fourth-order valence-electron chi connectivity index (χ4n) is 2.92. The highest BCUT2D eigenvalue weighted by atomic mass is 35.5. The SMILES string of the molecule is Cc1cc(Cl)cc(-c2nccc(N3CCCC(C(=O)O)C3)n2)c1. The van der Waals surface area contributed by atoms with Crippen LogP contribution in [0.15, 0.2) is 30.5 Å². The van der Waals surface area contributed by atoms with E-state index < -0.39 is 5.97 Å². The Bertz CT molecular complexity index is 715. The molecule has 1 N–H and O–H groups in total. The van der Waals surface area contributed by atoms with Gasteiger partial charge < -0.3 is 10.0 Å². The van der Waals surface area contributed by atoms with E-state index in [4.69, 9.17) is 11.6 Å². The average Bonchev–Trinajstić information content (AvgIpc) is 2.54. The van der Waals surface area contributed by atoms with Crippen molar-refractivity contribution in [1.29, 1.82) is 0 Å². The summed E-state index contributed by atoms with van der Waals surface area (Å²) in [6, 6.07) is 7.54. The second kappa shape index (κ2) is 6.54. The van der Waals surface area contributed by atoms with Gasteiger partial charge in [0.25, 0.3) is 0 Å². The molecule has 1 saturated heterocycles. The average molecular weight is 332 g/mol. The molecule has 0 spiro atoms. The van der Waals surface area contributed by atoms with Crippen molar-refractivity contribution in [2.24, 2.45) is 5.92 Å². The van der Waals surface area contributed by atoms with Gasteiger partial charge >= 0.3 is 5.97 Å². The molecule has 1 unspecified atom stereocenters. The van der Waals surface area contributed by atoms with Crippen molar-refractivity contribution in [3.63, 3.8) is 0 Å².